The summed E-state index contributed by atoms with van der Waals surface area (Å²) in [6.07, 6.45) is -1.07. The molecule has 12 nitrogen and oxygen atoms in total. The number of aromatic nitrogens is 1. The second-order valence-corrected chi connectivity index (χ2v) is 9.52. The Bertz CT molecular complexity index is 1180. The first-order valence-electron chi connectivity index (χ1n) is 11.8. The number of hydrogen-bond acceptors (Lipinski definition) is 8. The van der Waals surface area contributed by atoms with Gasteiger partial charge in [-0.3, -0.25) is 14.4 Å². The molecule has 0 radical (unpaired) electrons. The van der Waals surface area contributed by atoms with E-state index in [-0.39, 0.29) is 95.1 Å². The van der Waals surface area contributed by atoms with E-state index in [1.54, 1.807) is 45.0 Å². The molecule has 3 N–H and O–H groups in total. The first-order valence-corrected chi connectivity index (χ1v) is 11.8. The van der Waals surface area contributed by atoms with Crippen molar-refractivity contribution in [2.45, 2.75) is 58.2 Å². The fourth-order valence-electron chi connectivity index (χ4n) is 3.81. The number of amides is 3. The van der Waals surface area contributed by atoms with Crippen molar-refractivity contribution in [2.24, 2.45) is 0 Å². The zero-order chi connectivity index (χ0) is 27.2. The zero-order valence-electron chi connectivity index (χ0n) is 21.9. The summed E-state index contributed by atoms with van der Waals surface area (Å²) in [5.74, 6) is -1.36. The van der Waals surface area contributed by atoms with E-state index >= 15 is 0 Å². The van der Waals surface area contributed by atoms with Gasteiger partial charge in [0.15, 0.2) is 11.4 Å². The van der Waals surface area contributed by atoms with Crippen LogP contribution in [0.5, 0.6) is 5.75 Å². The van der Waals surface area contributed by atoms with Crippen LogP contribution in [0, 0.1) is 0 Å². The number of likely N-dealkylation sites (tertiary alicyclic amines) is 1. The SMILES string of the molecule is CC(C)(C)OC(=O)Nn1ccc(=O)c(OCc2ccccc2)c1C(=O)NCC1CCC(=O)N1CC([O-])O.[Rb+]. The number of β-amino-alcohol motifs (C(OH)–C–C–N with tert-alkyl or cyclic N) is 1. The predicted octanol–water partition coefficient (Wildman–Crippen LogP) is -2.69. The first kappa shape index (κ1) is 32.1. The number of carbonyl (C=O) groups is 3. The van der Waals surface area contributed by atoms with E-state index in [9.17, 15) is 29.4 Å². The Hall–Kier alpha value is -2.09. The van der Waals surface area contributed by atoms with Gasteiger partial charge in [-0.15, -0.1) is 0 Å². The van der Waals surface area contributed by atoms with Gasteiger partial charge in [0.25, 0.3) is 5.91 Å². The number of nitrogens with zero attached hydrogens (tertiary/aromatic N) is 2. The van der Waals surface area contributed by atoms with Crippen LogP contribution in [0.3, 0.4) is 0 Å². The van der Waals surface area contributed by atoms with Crippen molar-refractivity contribution < 1.29 is 92.3 Å². The molecule has 1 aromatic heterocycles. The third-order valence-corrected chi connectivity index (χ3v) is 5.41. The minimum atomic E-state index is -1.96. The van der Waals surface area contributed by atoms with Gasteiger partial charge in [-0.25, -0.2) is 14.9 Å². The number of nitrogens with one attached hydrogen (secondary N) is 2. The monoisotopic (exact) mass is 600 g/mol. The maximum atomic E-state index is 13.3. The average Bonchev–Trinajstić information content (AvgIpc) is 3.15. The summed E-state index contributed by atoms with van der Waals surface area (Å²) in [5, 5.41) is 23.0. The van der Waals surface area contributed by atoms with Crippen molar-refractivity contribution in [3.63, 3.8) is 0 Å². The van der Waals surface area contributed by atoms with Gasteiger partial charge in [0, 0.05) is 37.8 Å². The molecule has 2 aromatic rings. The van der Waals surface area contributed by atoms with Crippen molar-refractivity contribution in [1.29, 1.82) is 0 Å². The minimum Gasteiger partial charge on any atom is -0.830 e. The largest absolute Gasteiger partial charge is 1.00 e. The molecule has 2 unspecified atom stereocenters. The van der Waals surface area contributed by atoms with Crippen LogP contribution in [0.1, 0.15) is 49.7 Å². The number of ether oxygens (including phenoxy) is 2. The first-order chi connectivity index (χ1) is 17.4. The number of hydrogen-bond donors (Lipinski definition) is 3. The molecule has 1 saturated heterocycles. The molecule has 13 heteroatoms. The summed E-state index contributed by atoms with van der Waals surface area (Å²) in [5.41, 5.74) is 1.48. The number of rotatable bonds is 9. The Labute approximate surface area is 269 Å². The van der Waals surface area contributed by atoms with Crippen molar-refractivity contribution in [3.05, 3.63) is 64.1 Å². The Balaban J connectivity index is 0.00000507. The van der Waals surface area contributed by atoms with E-state index in [1.165, 1.54) is 11.1 Å². The molecule has 0 bridgehead atoms. The normalized spacial score (nSPS) is 15.9. The molecule has 200 valence electrons. The van der Waals surface area contributed by atoms with Crippen molar-refractivity contribution in [2.75, 3.05) is 18.5 Å². The van der Waals surface area contributed by atoms with Crippen LogP contribution >= 0.6 is 0 Å². The van der Waals surface area contributed by atoms with Crippen LogP contribution in [0.25, 0.3) is 0 Å². The molecule has 3 rings (SSSR count). The summed E-state index contributed by atoms with van der Waals surface area (Å²) >= 11 is 0. The van der Waals surface area contributed by atoms with Crippen molar-refractivity contribution in [1.82, 2.24) is 14.9 Å². The van der Waals surface area contributed by atoms with E-state index in [0.717, 1.165) is 16.3 Å². The Morgan fingerprint density at radius 3 is 2.50 bits per heavy atom. The molecule has 1 aliphatic rings. The van der Waals surface area contributed by atoms with Crippen molar-refractivity contribution in [3.8, 4) is 5.75 Å². The smallest absolute Gasteiger partial charge is 0.830 e. The zero-order valence-corrected chi connectivity index (χ0v) is 26.8. The molecule has 38 heavy (non-hydrogen) atoms. The quantitative estimate of drug-likeness (QED) is 0.262. The van der Waals surface area contributed by atoms with Gasteiger partial charge in [-0.2, -0.15) is 0 Å². The van der Waals surface area contributed by atoms with Gasteiger partial charge in [-0.1, -0.05) is 30.3 Å². The van der Waals surface area contributed by atoms with E-state index in [1.807, 2.05) is 6.07 Å². The molecular weight excluding hydrogens is 570 g/mol. The summed E-state index contributed by atoms with van der Waals surface area (Å²) in [6.45, 7) is 4.56. The third-order valence-electron chi connectivity index (χ3n) is 5.41. The van der Waals surface area contributed by atoms with E-state index in [4.69, 9.17) is 9.47 Å². The maximum absolute atomic E-state index is 13.3. The van der Waals surface area contributed by atoms with Crippen LogP contribution in [0.2, 0.25) is 0 Å². The number of pyridine rings is 1. The topological polar surface area (TPSA) is 162 Å². The van der Waals surface area contributed by atoms with Gasteiger partial charge < -0.3 is 29.9 Å². The van der Waals surface area contributed by atoms with Gasteiger partial charge >= 0.3 is 64.3 Å². The molecule has 3 amide bonds. The van der Waals surface area contributed by atoms with Crippen LogP contribution in [-0.4, -0.2) is 63.6 Å². The van der Waals surface area contributed by atoms with Crippen LogP contribution in [0.4, 0.5) is 4.79 Å². The molecule has 0 aliphatic carbocycles. The molecule has 1 fully saturated rings. The van der Waals surface area contributed by atoms with E-state index in [2.05, 4.69) is 10.7 Å². The molecule has 1 aliphatic heterocycles. The Kier molecular flexibility index (Phi) is 12.1. The average molecular weight is 601 g/mol. The molecule has 1 aromatic carbocycles. The van der Waals surface area contributed by atoms with Crippen LogP contribution < -0.4 is 84.2 Å². The molecule has 2 heterocycles. The third kappa shape index (κ3) is 9.28. The summed E-state index contributed by atoms with van der Waals surface area (Å²) in [7, 11) is 0. The molecule has 2 atom stereocenters. The number of carbonyl (C=O) groups excluding carboxylic acids is 3. The van der Waals surface area contributed by atoms with Gasteiger partial charge in [0.05, 0.1) is 0 Å². The summed E-state index contributed by atoms with van der Waals surface area (Å²) in [4.78, 5) is 51.8. The van der Waals surface area contributed by atoms with Crippen molar-refractivity contribution >= 4 is 17.9 Å². The summed E-state index contributed by atoms with van der Waals surface area (Å²) < 4.78 is 12.0. The van der Waals surface area contributed by atoms with Gasteiger partial charge in [0.1, 0.15) is 12.2 Å². The number of aliphatic hydroxyl groups excluding tert-OH is 1. The Morgan fingerprint density at radius 2 is 1.87 bits per heavy atom. The van der Waals surface area contributed by atoms with Gasteiger partial charge in [-0.05, 0) is 39.0 Å². The van der Waals surface area contributed by atoms with E-state index in [0.29, 0.717) is 6.42 Å². The Morgan fingerprint density at radius 1 is 1.18 bits per heavy atom. The summed E-state index contributed by atoms with van der Waals surface area (Å²) in [6, 6.07) is 9.62. The predicted molar refractivity (Wildman–Crippen MR) is 130 cm³/mol. The fourth-order valence-corrected chi connectivity index (χ4v) is 3.81. The molecule has 0 spiro atoms. The number of aliphatic hydroxyl groups is 1. The van der Waals surface area contributed by atoms with E-state index < -0.39 is 41.9 Å². The second kappa shape index (κ2) is 14.3. The maximum Gasteiger partial charge on any atom is 1.00 e. The number of benzene rings is 1. The fraction of sp³-hybridized carbons (Fsp3) is 0.440. The molecular formula is C25H31N4O8Rb. The standard InChI is InChI=1S/C25H31N4O8.Rb/c1-25(2,3)37-24(35)27-29-12-11-18(30)22(36-15-16-7-5-4-6-8-16)21(29)23(34)26-13-17-9-10-19(31)28(17)14-20(32)33;/h4-8,11-12,17,20,32H,9-10,13-15H2,1-3H3,(H,26,34)(H,27,35);/q-1;+1. The molecule has 0 saturated carbocycles. The van der Waals surface area contributed by atoms with Crippen LogP contribution in [0.15, 0.2) is 47.4 Å². The minimum absolute atomic E-state index is 0. The second-order valence-electron chi connectivity index (χ2n) is 9.52. The van der Waals surface area contributed by atoms with Crippen LogP contribution in [-0.2, 0) is 16.1 Å². The van der Waals surface area contributed by atoms with Gasteiger partial charge in [0.2, 0.25) is 11.3 Å².